The number of methoxy groups -OCH3 is 1. The number of rotatable bonds is 9. The first-order valence-electron chi connectivity index (χ1n) is 10.6. The molecule has 2 aromatic carbocycles. The third kappa shape index (κ3) is 5.56. The van der Waals surface area contributed by atoms with Crippen molar-refractivity contribution in [3.8, 4) is 0 Å². The van der Waals surface area contributed by atoms with E-state index in [0.717, 1.165) is 10.5 Å². The lowest BCUT2D eigenvalue weighted by molar-refractivity contribution is -0.124. The number of urea groups is 1. The number of nitrogens with zero attached hydrogens (tertiary/aromatic N) is 2. The fraction of sp³-hybridized carbons (Fsp3) is 0.333. The van der Waals surface area contributed by atoms with Gasteiger partial charge in [-0.25, -0.2) is 14.5 Å². The van der Waals surface area contributed by atoms with Crippen LogP contribution in [0.1, 0.15) is 29.3 Å². The number of ether oxygens (including phenoxy) is 2. The van der Waals surface area contributed by atoms with Crippen LogP contribution in [0.4, 0.5) is 16.2 Å². The van der Waals surface area contributed by atoms with Crippen LogP contribution in [-0.2, 0) is 19.1 Å². The minimum atomic E-state index is -0.951. The Balaban J connectivity index is 1.73. The van der Waals surface area contributed by atoms with Crippen LogP contribution in [0.25, 0.3) is 0 Å². The number of hydrogen-bond donors (Lipinski definition) is 1. The molecule has 1 atom stereocenters. The van der Waals surface area contributed by atoms with Crippen molar-refractivity contribution < 1.29 is 28.7 Å². The van der Waals surface area contributed by atoms with Gasteiger partial charge in [0.2, 0.25) is 5.91 Å². The molecular formula is C24H27N3O6. The zero-order valence-electron chi connectivity index (χ0n) is 18.9. The quantitative estimate of drug-likeness (QED) is 0.462. The highest BCUT2D eigenvalue weighted by Crippen LogP contribution is 2.27. The first kappa shape index (κ1) is 23.9. The van der Waals surface area contributed by atoms with E-state index in [-0.39, 0.29) is 26.2 Å². The molecule has 33 heavy (non-hydrogen) atoms. The van der Waals surface area contributed by atoms with Crippen LogP contribution in [0.2, 0.25) is 0 Å². The molecule has 1 aliphatic rings. The first-order valence-corrected chi connectivity index (χ1v) is 10.6. The summed E-state index contributed by atoms with van der Waals surface area (Å²) in [6.45, 7) is 4.31. The average molecular weight is 453 g/mol. The number of anilines is 2. The number of hydrogen-bond acceptors (Lipinski definition) is 6. The summed E-state index contributed by atoms with van der Waals surface area (Å²) >= 11 is 0. The second kappa shape index (κ2) is 10.7. The molecule has 0 saturated carbocycles. The maximum atomic E-state index is 13.1. The molecule has 9 heteroatoms. The monoisotopic (exact) mass is 453 g/mol. The molecule has 0 spiro atoms. The van der Waals surface area contributed by atoms with E-state index < -0.39 is 29.9 Å². The van der Waals surface area contributed by atoms with Crippen LogP contribution in [0.5, 0.6) is 0 Å². The molecule has 1 saturated heterocycles. The molecule has 174 valence electrons. The Hall–Kier alpha value is -3.72. The van der Waals surface area contributed by atoms with Gasteiger partial charge in [0, 0.05) is 19.3 Å². The number of aryl methyl sites for hydroxylation is 1. The lowest BCUT2D eigenvalue weighted by Gasteiger charge is -2.21. The van der Waals surface area contributed by atoms with Crippen molar-refractivity contribution in [2.24, 2.45) is 0 Å². The highest BCUT2D eigenvalue weighted by molar-refractivity contribution is 6.22. The van der Waals surface area contributed by atoms with E-state index in [4.69, 9.17) is 9.47 Å². The van der Waals surface area contributed by atoms with Gasteiger partial charge in [-0.2, -0.15) is 0 Å². The zero-order chi connectivity index (χ0) is 24.0. The highest BCUT2D eigenvalue weighted by Gasteiger charge is 2.46. The summed E-state index contributed by atoms with van der Waals surface area (Å²) < 4.78 is 10.0. The number of carbonyl (C=O) groups excluding carboxylic acids is 4. The number of amides is 4. The van der Waals surface area contributed by atoms with Crippen molar-refractivity contribution >= 4 is 35.2 Å². The van der Waals surface area contributed by atoms with Gasteiger partial charge in [0.15, 0.2) is 0 Å². The normalized spacial score (nSPS) is 15.7. The maximum absolute atomic E-state index is 13.1. The zero-order valence-corrected chi connectivity index (χ0v) is 18.9. The minimum absolute atomic E-state index is 0.176. The lowest BCUT2D eigenvalue weighted by Crippen LogP contribution is -2.39. The topological polar surface area (TPSA) is 105 Å². The molecule has 0 aliphatic carbocycles. The van der Waals surface area contributed by atoms with Gasteiger partial charge < -0.3 is 19.7 Å². The van der Waals surface area contributed by atoms with Crippen LogP contribution in [0.15, 0.2) is 48.5 Å². The molecule has 3 rings (SSSR count). The third-order valence-electron chi connectivity index (χ3n) is 5.21. The predicted octanol–water partition coefficient (Wildman–Crippen LogP) is 2.98. The van der Waals surface area contributed by atoms with Crippen molar-refractivity contribution in [3.63, 3.8) is 0 Å². The van der Waals surface area contributed by atoms with E-state index in [1.807, 2.05) is 19.1 Å². The van der Waals surface area contributed by atoms with Gasteiger partial charge in [-0.1, -0.05) is 17.7 Å². The van der Waals surface area contributed by atoms with E-state index in [9.17, 15) is 19.2 Å². The van der Waals surface area contributed by atoms with Crippen molar-refractivity contribution in [3.05, 3.63) is 59.7 Å². The summed E-state index contributed by atoms with van der Waals surface area (Å²) in [5, 5.41) is 2.71. The van der Waals surface area contributed by atoms with Gasteiger partial charge in [-0.15, -0.1) is 0 Å². The van der Waals surface area contributed by atoms with Crippen molar-refractivity contribution in [1.82, 2.24) is 4.90 Å². The Kier molecular flexibility index (Phi) is 7.78. The summed E-state index contributed by atoms with van der Waals surface area (Å²) in [4.78, 5) is 53.1. The number of benzene rings is 2. The Morgan fingerprint density at radius 2 is 1.70 bits per heavy atom. The summed E-state index contributed by atoms with van der Waals surface area (Å²) in [7, 11) is 1.50. The molecule has 0 aromatic heterocycles. The molecule has 9 nitrogen and oxygen atoms in total. The van der Waals surface area contributed by atoms with E-state index >= 15 is 0 Å². The Labute approximate surface area is 192 Å². The molecule has 0 bridgehead atoms. The van der Waals surface area contributed by atoms with Gasteiger partial charge in [0.1, 0.15) is 6.04 Å². The maximum Gasteiger partial charge on any atom is 0.338 e. The second-order valence-corrected chi connectivity index (χ2v) is 7.54. The molecule has 2 aromatic rings. The fourth-order valence-corrected chi connectivity index (χ4v) is 3.50. The highest BCUT2D eigenvalue weighted by atomic mass is 16.5. The predicted molar refractivity (Wildman–Crippen MR) is 122 cm³/mol. The summed E-state index contributed by atoms with van der Waals surface area (Å²) in [6, 6.07) is 11.8. The van der Waals surface area contributed by atoms with Gasteiger partial charge in [-0.05, 0) is 50.2 Å². The SMILES string of the molecule is CCOC(=O)c1ccc(NC(=O)C[C@H]2C(=O)N(c3ccc(C)cc3)C(=O)N2CCOC)cc1. The van der Waals surface area contributed by atoms with Crippen molar-refractivity contribution in [2.45, 2.75) is 26.3 Å². The van der Waals surface area contributed by atoms with Crippen LogP contribution in [0, 0.1) is 6.92 Å². The van der Waals surface area contributed by atoms with Gasteiger partial charge >= 0.3 is 12.0 Å². The standard InChI is InChI=1S/C24H27N3O6/c1-4-33-23(30)17-7-9-18(10-8-17)25-21(28)15-20-22(29)27(19-11-5-16(2)6-12-19)24(31)26(20)13-14-32-3/h5-12,20H,4,13-15H2,1-3H3,(H,25,28)/t20-/m0/s1. The number of esters is 1. The molecule has 1 N–H and O–H groups in total. The van der Waals surface area contributed by atoms with E-state index in [0.29, 0.717) is 16.9 Å². The summed E-state index contributed by atoms with van der Waals surface area (Å²) in [5.41, 5.74) is 2.28. The number of nitrogens with one attached hydrogen (secondary N) is 1. The molecular weight excluding hydrogens is 426 g/mol. The summed E-state index contributed by atoms with van der Waals surface area (Å²) in [6.07, 6.45) is -0.212. The van der Waals surface area contributed by atoms with Crippen LogP contribution < -0.4 is 10.2 Å². The average Bonchev–Trinajstić information content (AvgIpc) is 3.02. The smallest absolute Gasteiger partial charge is 0.338 e. The van der Waals surface area contributed by atoms with E-state index in [2.05, 4.69) is 5.32 Å². The van der Waals surface area contributed by atoms with E-state index in [1.165, 1.54) is 12.0 Å². The van der Waals surface area contributed by atoms with Crippen LogP contribution >= 0.6 is 0 Å². The van der Waals surface area contributed by atoms with Crippen molar-refractivity contribution in [1.29, 1.82) is 0 Å². The number of carbonyl (C=O) groups is 4. The first-order chi connectivity index (χ1) is 15.8. The largest absolute Gasteiger partial charge is 0.462 e. The molecule has 1 aliphatic heterocycles. The van der Waals surface area contributed by atoms with Crippen LogP contribution in [-0.4, -0.2) is 61.6 Å². The number of imide groups is 1. The van der Waals surface area contributed by atoms with Gasteiger partial charge in [0.25, 0.3) is 5.91 Å². The second-order valence-electron chi connectivity index (χ2n) is 7.54. The van der Waals surface area contributed by atoms with Crippen LogP contribution in [0.3, 0.4) is 0 Å². The molecule has 4 amide bonds. The Morgan fingerprint density at radius 1 is 1.03 bits per heavy atom. The van der Waals surface area contributed by atoms with Gasteiger partial charge in [0.05, 0.1) is 30.9 Å². The van der Waals surface area contributed by atoms with Crippen molar-refractivity contribution in [2.75, 3.05) is 37.1 Å². The van der Waals surface area contributed by atoms with Gasteiger partial charge in [-0.3, -0.25) is 9.59 Å². The molecule has 0 radical (unpaired) electrons. The molecule has 1 fully saturated rings. The third-order valence-corrected chi connectivity index (χ3v) is 5.21. The molecule has 1 heterocycles. The Bertz CT molecular complexity index is 1020. The van der Waals surface area contributed by atoms with E-state index in [1.54, 1.807) is 43.3 Å². The summed E-state index contributed by atoms with van der Waals surface area (Å²) in [5.74, 6) is -1.35. The fourth-order valence-electron chi connectivity index (χ4n) is 3.50. The minimum Gasteiger partial charge on any atom is -0.462 e. The lowest BCUT2D eigenvalue weighted by atomic mass is 10.1. The molecule has 0 unspecified atom stereocenters. The Morgan fingerprint density at radius 3 is 2.30 bits per heavy atom.